The fraction of sp³-hybridized carbons (Fsp3) is 0.474. The second-order valence-corrected chi connectivity index (χ2v) is 8.86. The fourth-order valence-corrected chi connectivity index (χ4v) is 4.58. The lowest BCUT2D eigenvalue weighted by atomic mass is 10.1. The second-order valence-electron chi connectivity index (χ2n) is 6.90. The highest BCUT2D eigenvalue weighted by molar-refractivity contribution is 7.88. The number of halogens is 1. The van der Waals surface area contributed by atoms with E-state index in [-0.39, 0.29) is 18.1 Å². The van der Waals surface area contributed by atoms with Crippen LogP contribution in [0.5, 0.6) is 0 Å². The van der Waals surface area contributed by atoms with Gasteiger partial charge in [0.25, 0.3) is 0 Å². The number of hydrogen-bond donors (Lipinski definition) is 2. The minimum absolute atomic E-state index is 0.110. The van der Waals surface area contributed by atoms with Crippen molar-refractivity contribution in [3.8, 4) is 0 Å². The fourth-order valence-electron chi connectivity index (χ4n) is 3.16. The van der Waals surface area contributed by atoms with E-state index in [1.807, 2.05) is 11.8 Å². The van der Waals surface area contributed by atoms with Gasteiger partial charge in [0.1, 0.15) is 17.8 Å². The van der Waals surface area contributed by atoms with Gasteiger partial charge >= 0.3 is 0 Å². The van der Waals surface area contributed by atoms with Crippen molar-refractivity contribution in [3.05, 3.63) is 53.7 Å². The van der Waals surface area contributed by atoms with Crippen LogP contribution in [0.25, 0.3) is 0 Å². The van der Waals surface area contributed by atoms with Crippen LogP contribution in [0.2, 0.25) is 0 Å². The van der Waals surface area contributed by atoms with Crippen LogP contribution in [0, 0.1) is 5.82 Å². The van der Waals surface area contributed by atoms with Crippen molar-refractivity contribution in [2.75, 3.05) is 39.3 Å². The van der Waals surface area contributed by atoms with Crippen molar-refractivity contribution >= 4 is 16.0 Å². The largest absolute Gasteiger partial charge is 0.386 e. The number of sulfonamides is 1. The number of nitrogens with one attached hydrogen (secondary N) is 1. The highest BCUT2D eigenvalue weighted by Crippen LogP contribution is 2.15. The first-order valence-corrected chi connectivity index (χ1v) is 11.3. The Labute approximate surface area is 175 Å². The number of piperazine rings is 1. The van der Waals surface area contributed by atoms with Crippen LogP contribution in [0.3, 0.4) is 0 Å². The van der Waals surface area contributed by atoms with Crippen molar-refractivity contribution in [1.29, 1.82) is 0 Å². The zero-order chi connectivity index (χ0) is 21.6. The molecule has 11 heteroatoms. The van der Waals surface area contributed by atoms with Crippen LogP contribution in [0.4, 0.5) is 4.39 Å². The topological polar surface area (TPSA) is 111 Å². The molecule has 2 aromatic rings. The van der Waals surface area contributed by atoms with E-state index in [4.69, 9.17) is 4.52 Å². The predicted molar refractivity (Wildman–Crippen MR) is 110 cm³/mol. The molecule has 1 aromatic heterocycles. The summed E-state index contributed by atoms with van der Waals surface area (Å²) in [7, 11) is -3.48. The lowest BCUT2D eigenvalue weighted by Gasteiger charge is -2.35. The van der Waals surface area contributed by atoms with Crippen LogP contribution >= 0.6 is 0 Å². The third-order valence-corrected chi connectivity index (χ3v) is 6.57. The molecular formula is C19H26FN5O4S. The monoisotopic (exact) mass is 439 g/mol. The summed E-state index contributed by atoms with van der Waals surface area (Å²) in [6, 6.07) is 7.19. The van der Waals surface area contributed by atoms with E-state index >= 15 is 0 Å². The van der Waals surface area contributed by atoms with Gasteiger partial charge in [-0.1, -0.05) is 17.3 Å². The van der Waals surface area contributed by atoms with Gasteiger partial charge in [0.15, 0.2) is 5.96 Å². The molecular weight excluding hydrogens is 413 g/mol. The van der Waals surface area contributed by atoms with Crippen molar-refractivity contribution in [1.82, 2.24) is 19.7 Å². The molecule has 1 unspecified atom stereocenters. The Hall–Kier alpha value is -2.50. The predicted octanol–water partition coefficient (Wildman–Crippen LogP) is 0.960. The molecule has 30 heavy (non-hydrogen) atoms. The molecule has 1 atom stereocenters. The molecule has 3 rings (SSSR count). The van der Waals surface area contributed by atoms with E-state index in [0.29, 0.717) is 49.9 Å². The SMILES string of the molecule is CCNC(=NCC(O)c1ccc(F)cc1)N1CCN(S(=O)(=O)Cc2ccon2)CC1. The molecule has 0 saturated carbocycles. The van der Waals surface area contributed by atoms with E-state index in [2.05, 4.69) is 15.5 Å². The molecule has 1 fully saturated rings. The molecule has 1 aromatic carbocycles. The molecule has 2 heterocycles. The van der Waals surface area contributed by atoms with Crippen molar-refractivity contribution in [3.63, 3.8) is 0 Å². The van der Waals surface area contributed by atoms with E-state index in [9.17, 15) is 17.9 Å². The number of aliphatic hydroxyl groups excluding tert-OH is 1. The first-order chi connectivity index (χ1) is 14.4. The van der Waals surface area contributed by atoms with Crippen LogP contribution < -0.4 is 5.32 Å². The van der Waals surface area contributed by atoms with Gasteiger partial charge in [0.05, 0.1) is 18.3 Å². The Morgan fingerprint density at radius 1 is 1.27 bits per heavy atom. The summed E-state index contributed by atoms with van der Waals surface area (Å²) in [4.78, 5) is 6.44. The summed E-state index contributed by atoms with van der Waals surface area (Å²) in [6.45, 7) is 4.27. The maximum Gasteiger partial charge on any atom is 0.220 e. The molecule has 0 aliphatic carbocycles. The van der Waals surface area contributed by atoms with Gasteiger partial charge in [-0.15, -0.1) is 0 Å². The summed E-state index contributed by atoms with van der Waals surface area (Å²) in [5.74, 6) is 0.0491. The van der Waals surface area contributed by atoms with Crippen LogP contribution in [0.1, 0.15) is 24.3 Å². The number of aromatic nitrogens is 1. The Kier molecular flexibility index (Phi) is 7.40. The molecule has 0 amide bonds. The molecule has 1 aliphatic heterocycles. The molecule has 2 N–H and O–H groups in total. The van der Waals surface area contributed by atoms with Gasteiger partial charge in [-0.25, -0.2) is 12.8 Å². The van der Waals surface area contributed by atoms with E-state index in [1.165, 1.54) is 40.9 Å². The van der Waals surface area contributed by atoms with E-state index in [1.54, 1.807) is 0 Å². The number of aliphatic imine (C=N–C) groups is 1. The molecule has 1 aliphatic rings. The third-order valence-electron chi connectivity index (χ3n) is 4.76. The Balaban J connectivity index is 1.59. The number of benzene rings is 1. The number of aliphatic hydroxyl groups is 1. The number of hydrogen-bond acceptors (Lipinski definition) is 6. The third kappa shape index (κ3) is 5.77. The molecule has 1 saturated heterocycles. The number of rotatable bonds is 7. The van der Waals surface area contributed by atoms with Gasteiger partial charge in [0.2, 0.25) is 10.0 Å². The van der Waals surface area contributed by atoms with Gasteiger partial charge in [-0.3, -0.25) is 4.99 Å². The smallest absolute Gasteiger partial charge is 0.220 e. The highest BCUT2D eigenvalue weighted by Gasteiger charge is 2.29. The number of guanidine groups is 1. The first-order valence-electron chi connectivity index (χ1n) is 9.73. The molecule has 9 nitrogen and oxygen atoms in total. The standard InChI is InChI=1S/C19H26FN5O4S/c1-2-21-19(22-13-18(26)15-3-5-16(20)6-4-15)24-8-10-25(11-9-24)30(27,28)14-17-7-12-29-23-17/h3-7,12,18,26H,2,8-11,13-14H2,1H3,(H,21,22). The molecule has 164 valence electrons. The van der Waals surface area contributed by atoms with E-state index in [0.717, 1.165) is 0 Å². The molecule has 0 bridgehead atoms. The number of nitrogens with zero attached hydrogens (tertiary/aromatic N) is 4. The van der Waals surface area contributed by atoms with Crippen LogP contribution in [-0.2, 0) is 15.8 Å². The summed E-state index contributed by atoms with van der Waals surface area (Å²) in [5.41, 5.74) is 0.960. The summed E-state index contributed by atoms with van der Waals surface area (Å²) < 4.78 is 44.3. The molecule has 0 radical (unpaired) electrons. The minimum atomic E-state index is -3.48. The zero-order valence-electron chi connectivity index (χ0n) is 16.7. The Morgan fingerprint density at radius 3 is 2.57 bits per heavy atom. The van der Waals surface area contributed by atoms with Gasteiger partial charge in [-0.05, 0) is 24.6 Å². The minimum Gasteiger partial charge on any atom is -0.386 e. The average molecular weight is 440 g/mol. The summed E-state index contributed by atoms with van der Waals surface area (Å²) in [5, 5.41) is 17.2. The van der Waals surface area contributed by atoms with Gasteiger partial charge in [0, 0.05) is 38.8 Å². The highest BCUT2D eigenvalue weighted by atomic mass is 32.2. The average Bonchev–Trinajstić information content (AvgIpc) is 3.24. The van der Waals surface area contributed by atoms with Gasteiger partial charge < -0.3 is 19.8 Å². The summed E-state index contributed by atoms with van der Waals surface area (Å²) in [6.07, 6.45) is 0.492. The zero-order valence-corrected chi connectivity index (χ0v) is 17.6. The lowest BCUT2D eigenvalue weighted by molar-refractivity contribution is 0.186. The maximum atomic E-state index is 13.0. The Bertz CT molecular complexity index is 926. The summed E-state index contributed by atoms with van der Waals surface area (Å²) >= 11 is 0. The van der Waals surface area contributed by atoms with Crippen molar-refractivity contribution < 1.29 is 22.4 Å². The maximum absolute atomic E-state index is 13.0. The van der Waals surface area contributed by atoms with Crippen molar-refractivity contribution in [2.45, 2.75) is 18.8 Å². The van der Waals surface area contributed by atoms with Crippen LogP contribution in [0.15, 0.2) is 46.1 Å². The van der Waals surface area contributed by atoms with Gasteiger partial charge in [-0.2, -0.15) is 4.31 Å². The van der Waals surface area contributed by atoms with Crippen molar-refractivity contribution in [2.24, 2.45) is 4.99 Å². The lowest BCUT2D eigenvalue weighted by Crippen LogP contribution is -2.54. The first kappa shape index (κ1) is 22.2. The molecule has 0 spiro atoms. The quantitative estimate of drug-likeness (QED) is 0.488. The van der Waals surface area contributed by atoms with Crippen LogP contribution in [-0.4, -0.2) is 73.1 Å². The second kappa shape index (κ2) is 10.0. The normalized spacial score (nSPS) is 17.2. The van der Waals surface area contributed by atoms with E-state index < -0.39 is 16.1 Å². The Morgan fingerprint density at radius 2 is 1.97 bits per heavy atom.